The van der Waals surface area contributed by atoms with Gasteiger partial charge in [-0.1, -0.05) is 24.3 Å². The van der Waals surface area contributed by atoms with Crippen LogP contribution in [0.15, 0.2) is 59.5 Å². The van der Waals surface area contributed by atoms with Crippen LogP contribution in [0.25, 0.3) is 22.6 Å². The van der Waals surface area contributed by atoms with E-state index in [0.717, 1.165) is 24.0 Å². The van der Waals surface area contributed by atoms with Crippen molar-refractivity contribution in [3.8, 4) is 28.4 Å². The fraction of sp³-hybridized carbons (Fsp3) is 0.385. The third-order valence-electron chi connectivity index (χ3n) is 5.85. The van der Waals surface area contributed by atoms with Crippen LogP contribution in [0.2, 0.25) is 0 Å². The lowest BCUT2D eigenvalue weighted by molar-refractivity contribution is 0.0904. The van der Waals surface area contributed by atoms with Gasteiger partial charge in [0.25, 0.3) is 0 Å². The Balaban J connectivity index is 1.66. The van der Waals surface area contributed by atoms with Gasteiger partial charge in [0, 0.05) is 49.2 Å². The quantitative estimate of drug-likeness (QED) is 0.376. The minimum absolute atomic E-state index is 0.161. The second-order valence-corrected chi connectivity index (χ2v) is 10.9. The molecule has 1 aliphatic heterocycles. The molecular formula is C26H32N4O5S. The topological polar surface area (TPSA) is 123 Å². The number of aliphatic hydroxyl groups excluding tert-OH is 1. The molecule has 0 saturated carbocycles. The van der Waals surface area contributed by atoms with Crippen molar-refractivity contribution in [1.29, 1.82) is 0 Å². The van der Waals surface area contributed by atoms with Crippen molar-refractivity contribution >= 4 is 15.7 Å². The second-order valence-electron chi connectivity index (χ2n) is 8.84. The fourth-order valence-electron chi connectivity index (χ4n) is 3.93. The van der Waals surface area contributed by atoms with Crippen LogP contribution >= 0.6 is 0 Å². The number of ether oxygens (including phenoxy) is 2. The molecule has 4 rings (SSSR count). The molecule has 1 atom stereocenters. The molecule has 1 fully saturated rings. The molecule has 36 heavy (non-hydrogen) atoms. The van der Waals surface area contributed by atoms with E-state index in [1.54, 1.807) is 31.3 Å². The maximum absolute atomic E-state index is 11.9. The molecule has 1 aromatic heterocycles. The number of hydrogen-bond donors (Lipinski definition) is 3. The molecule has 3 N–H and O–H groups in total. The van der Waals surface area contributed by atoms with Crippen molar-refractivity contribution < 1.29 is 23.0 Å². The normalized spacial score (nSPS) is 15.4. The van der Waals surface area contributed by atoms with E-state index in [0.29, 0.717) is 42.8 Å². The molecule has 2 aromatic carbocycles. The van der Waals surface area contributed by atoms with Crippen LogP contribution in [-0.4, -0.2) is 75.3 Å². The van der Waals surface area contributed by atoms with E-state index < -0.39 is 15.9 Å². The summed E-state index contributed by atoms with van der Waals surface area (Å²) in [4.78, 5) is 9.81. The van der Waals surface area contributed by atoms with Crippen LogP contribution in [0, 0.1) is 0 Å². The zero-order valence-corrected chi connectivity index (χ0v) is 21.3. The molecule has 2 heterocycles. The van der Waals surface area contributed by atoms with Crippen LogP contribution in [0.5, 0.6) is 5.75 Å². The smallest absolute Gasteiger partial charge is 0.175 e. The maximum Gasteiger partial charge on any atom is 0.175 e. The largest absolute Gasteiger partial charge is 0.491 e. The number of hydrogen-bond acceptors (Lipinski definition) is 9. The van der Waals surface area contributed by atoms with Gasteiger partial charge in [-0.2, -0.15) is 0 Å². The molecule has 9 nitrogen and oxygen atoms in total. The summed E-state index contributed by atoms with van der Waals surface area (Å²) in [7, 11) is -1.52. The predicted molar refractivity (Wildman–Crippen MR) is 139 cm³/mol. The first-order valence-corrected chi connectivity index (χ1v) is 13.8. The Morgan fingerprint density at radius 3 is 2.53 bits per heavy atom. The Kier molecular flexibility index (Phi) is 8.52. The minimum atomic E-state index is -3.29. The van der Waals surface area contributed by atoms with Gasteiger partial charge < -0.3 is 25.2 Å². The molecular weight excluding hydrogens is 480 g/mol. The van der Waals surface area contributed by atoms with Crippen LogP contribution in [0.3, 0.4) is 0 Å². The van der Waals surface area contributed by atoms with E-state index in [1.807, 2.05) is 30.3 Å². The van der Waals surface area contributed by atoms with Crippen molar-refractivity contribution in [3.05, 3.63) is 54.6 Å². The molecule has 0 spiro atoms. The Hall–Kier alpha value is -3.05. The third-order valence-corrected chi connectivity index (χ3v) is 6.98. The zero-order valence-electron chi connectivity index (χ0n) is 20.5. The standard InChI is InChI=1S/C26H32N4O5S/c1-27-16-21(31)17-35-22-5-3-4-19(14-22)26-29-24(18-6-8-23(9-7-18)36(2,32)33)15-25(30-26)28-20-10-12-34-13-11-20/h3-9,14-15,20-21,27,31H,10-13,16-17H2,1-2H3,(H,28,29,30). The number of aliphatic hydroxyl groups is 1. The van der Waals surface area contributed by atoms with Crippen LogP contribution < -0.4 is 15.4 Å². The van der Waals surface area contributed by atoms with Gasteiger partial charge in [-0.15, -0.1) is 0 Å². The van der Waals surface area contributed by atoms with Crippen LogP contribution in [-0.2, 0) is 14.6 Å². The zero-order chi connectivity index (χ0) is 25.5. The summed E-state index contributed by atoms with van der Waals surface area (Å²) in [5, 5.41) is 16.4. The Morgan fingerprint density at radius 1 is 1.08 bits per heavy atom. The van der Waals surface area contributed by atoms with Crippen molar-refractivity contribution in [2.24, 2.45) is 0 Å². The number of nitrogens with zero attached hydrogens (tertiary/aromatic N) is 2. The molecule has 3 aromatic rings. The highest BCUT2D eigenvalue weighted by Gasteiger charge is 2.17. The number of nitrogens with one attached hydrogen (secondary N) is 2. The Bertz CT molecular complexity index is 1260. The summed E-state index contributed by atoms with van der Waals surface area (Å²) < 4.78 is 35.0. The van der Waals surface area contributed by atoms with Gasteiger partial charge in [-0.3, -0.25) is 0 Å². The number of likely N-dealkylation sites (N-methyl/N-ethyl adjacent to an activating group) is 1. The molecule has 1 saturated heterocycles. The van der Waals surface area contributed by atoms with E-state index in [4.69, 9.17) is 19.4 Å². The van der Waals surface area contributed by atoms with Crippen LogP contribution in [0.1, 0.15) is 12.8 Å². The van der Waals surface area contributed by atoms with E-state index in [2.05, 4.69) is 10.6 Å². The molecule has 0 amide bonds. The van der Waals surface area contributed by atoms with Gasteiger partial charge >= 0.3 is 0 Å². The highest BCUT2D eigenvalue weighted by Crippen LogP contribution is 2.28. The van der Waals surface area contributed by atoms with Crippen molar-refractivity contribution in [2.75, 3.05) is 45.0 Å². The van der Waals surface area contributed by atoms with Gasteiger partial charge in [-0.05, 0) is 44.2 Å². The number of anilines is 1. The lowest BCUT2D eigenvalue weighted by Gasteiger charge is -2.24. The summed E-state index contributed by atoms with van der Waals surface area (Å²) in [5.41, 5.74) is 2.22. The lowest BCUT2D eigenvalue weighted by atomic mass is 10.1. The summed E-state index contributed by atoms with van der Waals surface area (Å²) in [6.07, 6.45) is 2.34. The molecule has 0 radical (unpaired) electrons. The maximum atomic E-state index is 11.9. The summed E-state index contributed by atoms with van der Waals surface area (Å²) >= 11 is 0. The van der Waals surface area contributed by atoms with Gasteiger partial charge in [-0.25, -0.2) is 18.4 Å². The average Bonchev–Trinajstić information content (AvgIpc) is 2.88. The van der Waals surface area contributed by atoms with Gasteiger partial charge in [0.2, 0.25) is 0 Å². The lowest BCUT2D eigenvalue weighted by Crippen LogP contribution is -2.29. The summed E-state index contributed by atoms with van der Waals surface area (Å²) in [5.74, 6) is 1.80. The predicted octanol–water partition coefficient (Wildman–Crippen LogP) is 2.76. The van der Waals surface area contributed by atoms with Gasteiger partial charge in [0.05, 0.1) is 10.6 Å². The van der Waals surface area contributed by atoms with Crippen LogP contribution in [0.4, 0.5) is 5.82 Å². The Labute approximate surface area is 211 Å². The molecule has 0 bridgehead atoms. The fourth-order valence-corrected chi connectivity index (χ4v) is 4.56. The number of sulfone groups is 1. The molecule has 0 aliphatic carbocycles. The molecule has 1 aliphatic rings. The van der Waals surface area contributed by atoms with Gasteiger partial charge in [0.1, 0.15) is 24.3 Å². The molecule has 1 unspecified atom stereocenters. The highest BCUT2D eigenvalue weighted by molar-refractivity contribution is 7.90. The monoisotopic (exact) mass is 512 g/mol. The first-order valence-electron chi connectivity index (χ1n) is 11.9. The molecule has 10 heteroatoms. The van der Waals surface area contributed by atoms with E-state index in [-0.39, 0.29) is 17.5 Å². The Morgan fingerprint density at radius 2 is 1.83 bits per heavy atom. The highest BCUT2D eigenvalue weighted by atomic mass is 32.2. The minimum Gasteiger partial charge on any atom is -0.491 e. The van der Waals surface area contributed by atoms with Gasteiger partial charge in [0.15, 0.2) is 15.7 Å². The average molecular weight is 513 g/mol. The first kappa shape index (κ1) is 26.0. The molecule has 192 valence electrons. The number of aromatic nitrogens is 2. The van der Waals surface area contributed by atoms with Crippen molar-refractivity contribution in [2.45, 2.75) is 29.9 Å². The van der Waals surface area contributed by atoms with Crippen molar-refractivity contribution in [1.82, 2.24) is 15.3 Å². The van der Waals surface area contributed by atoms with E-state index in [1.165, 1.54) is 6.26 Å². The van der Waals surface area contributed by atoms with E-state index in [9.17, 15) is 13.5 Å². The summed E-state index contributed by atoms with van der Waals surface area (Å²) in [6.45, 7) is 2.00. The summed E-state index contributed by atoms with van der Waals surface area (Å²) in [6, 6.07) is 16.2. The van der Waals surface area contributed by atoms with E-state index >= 15 is 0 Å². The van der Waals surface area contributed by atoms with Crippen molar-refractivity contribution in [3.63, 3.8) is 0 Å². The second kappa shape index (κ2) is 11.8. The first-order chi connectivity index (χ1) is 17.3. The number of rotatable bonds is 10. The number of benzene rings is 2. The third kappa shape index (κ3) is 7.01. The SMILES string of the molecule is CNCC(O)COc1cccc(-c2nc(NC3CCOCC3)cc(-c3ccc(S(C)(=O)=O)cc3)n2)c1.